The number of fused-ring (bicyclic) bond motifs is 1. The van der Waals surface area contributed by atoms with Gasteiger partial charge in [-0.1, -0.05) is 11.6 Å². The minimum atomic E-state index is -4.48. The van der Waals surface area contributed by atoms with Crippen LogP contribution in [0, 0.1) is 0 Å². The molecule has 0 spiro atoms. The Morgan fingerprint density at radius 2 is 1.79 bits per heavy atom. The summed E-state index contributed by atoms with van der Waals surface area (Å²) in [5.74, 6) is 0.244. The summed E-state index contributed by atoms with van der Waals surface area (Å²) in [6.07, 6.45) is -0.234. The Balaban J connectivity index is 2.30. The average Bonchev–Trinajstić information content (AvgIpc) is 2.94. The van der Waals surface area contributed by atoms with Gasteiger partial charge in [-0.25, -0.2) is 0 Å². The molecule has 3 aromatic heterocycles. The highest BCUT2D eigenvalue weighted by molar-refractivity contribution is 6.33. The first-order valence-corrected chi connectivity index (χ1v) is 5.59. The third kappa shape index (κ3) is 1.95. The summed E-state index contributed by atoms with van der Waals surface area (Å²) in [4.78, 5) is 0. The van der Waals surface area contributed by atoms with E-state index in [1.165, 1.54) is 4.40 Å². The molecule has 0 aliphatic heterocycles. The quantitative estimate of drug-likeness (QED) is 0.688. The first kappa shape index (κ1) is 12.0. The summed E-state index contributed by atoms with van der Waals surface area (Å²) in [6, 6.07) is 4.30. The predicted molar refractivity (Wildman–Crippen MR) is 62.3 cm³/mol. The maximum atomic E-state index is 12.8. The number of nitrogens with zero attached hydrogens (tertiary/aromatic N) is 4. The van der Waals surface area contributed by atoms with Gasteiger partial charge in [0, 0.05) is 18.6 Å². The predicted octanol–water partition coefficient (Wildman–Crippen LogP) is 3.19. The number of alkyl halides is 3. The first-order chi connectivity index (χ1) is 8.97. The average molecular weight is 287 g/mol. The summed E-state index contributed by atoms with van der Waals surface area (Å²) < 4.78 is 41.0. The molecule has 3 heterocycles. The van der Waals surface area contributed by atoms with Crippen molar-refractivity contribution in [1.29, 1.82) is 0 Å². The number of aromatic nitrogens is 4. The molecule has 0 aliphatic rings. The second kappa shape index (κ2) is 3.99. The zero-order chi connectivity index (χ0) is 13.6. The molecular formula is C11H6ClF3N4. The van der Waals surface area contributed by atoms with Gasteiger partial charge in [0.15, 0.2) is 5.65 Å². The molecule has 0 bridgehead atoms. The molecule has 3 aromatic rings. The van der Waals surface area contributed by atoms with Crippen LogP contribution in [0.1, 0.15) is 5.56 Å². The molecule has 4 nitrogen and oxygen atoms in total. The van der Waals surface area contributed by atoms with Crippen molar-refractivity contribution >= 4 is 17.2 Å². The standard InChI is InChI=1S/C11H6ClF3N4/c12-8-5-7(11(13,14)15)6-19-9(8)16-17-10(19)18-3-1-2-4-18/h1-6H. The number of pyridine rings is 1. The van der Waals surface area contributed by atoms with Crippen molar-refractivity contribution in [2.45, 2.75) is 6.18 Å². The van der Waals surface area contributed by atoms with Gasteiger partial charge >= 0.3 is 6.18 Å². The van der Waals surface area contributed by atoms with Crippen LogP contribution in [-0.2, 0) is 6.18 Å². The summed E-state index contributed by atoms with van der Waals surface area (Å²) in [7, 11) is 0. The molecule has 0 aliphatic carbocycles. The maximum absolute atomic E-state index is 12.8. The Kier molecular flexibility index (Phi) is 2.53. The lowest BCUT2D eigenvalue weighted by molar-refractivity contribution is -0.137. The van der Waals surface area contributed by atoms with Gasteiger partial charge < -0.3 is 0 Å². The van der Waals surface area contributed by atoms with Crippen LogP contribution in [0.15, 0.2) is 36.8 Å². The van der Waals surface area contributed by atoms with E-state index in [1.54, 1.807) is 29.1 Å². The van der Waals surface area contributed by atoms with Gasteiger partial charge in [-0.05, 0) is 18.2 Å². The van der Waals surface area contributed by atoms with E-state index in [0.29, 0.717) is 0 Å². The van der Waals surface area contributed by atoms with E-state index in [-0.39, 0.29) is 16.6 Å². The fraction of sp³-hybridized carbons (Fsp3) is 0.0909. The van der Waals surface area contributed by atoms with E-state index in [9.17, 15) is 13.2 Å². The molecule has 19 heavy (non-hydrogen) atoms. The van der Waals surface area contributed by atoms with Crippen LogP contribution in [0.2, 0.25) is 5.02 Å². The molecule has 0 unspecified atom stereocenters. The minimum Gasteiger partial charge on any atom is -0.293 e. The largest absolute Gasteiger partial charge is 0.417 e. The van der Waals surface area contributed by atoms with Crippen molar-refractivity contribution in [3.05, 3.63) is 47.4 Å². The Morgan fingerprint density at radius 1 is 1.11 bits per heavy atom. The molecule has 98 valence electrons. The maximum Gasteiger partial charge on any atom is 0.417 e. The van der Waals surface area contributed by atoms with Gasteiger partial charge in [0.2, 0.25) is 5.95 Å². The molecule has 0 saturated carbocycles. The van der Waals surface area contributed by atoms with Crippen molar-refractivity contribution in [3.8, 4) is 5.95 Å². The lowest BCUT2D eigenvalue weighted by atomic mass is 10.3. The Morgan fingerprint density at radius 3 is 2.42 bits per heavy atom. The molecule has 0 amide bonds. The normalized spacial score (nSPS) is 12.2. The molecular weight excluding hydrogens is 281 g/mol. The summed E-state index contributed by atoms with van der Waals surface area (Å²) in [6.45, 7) is 0. The Bertz CT molecular complexity index is 730. The van der Waals surface area contributed by atoms with E-state index in [4.69, 9.17) is 11.6 Å². The van der Waals surface area contributed by atoms with E-state index in [0.717, 1.165) is 12.3 Å². The van der Waals surface area contributed by atoms with Gasteiger partial charge in [-0.2, -0.15) is 13.2 Å². The van der Waals surface area contributed by atoms with Crippen LogP contribution in [-0.4, -0.2) is 19.2 Å². The Labute approximate surface area is 110 Å². The number of halogens is 4. The van der Waals surface area contributed by atoms with Crippen molar-refractivity contribution in [3.63, 3.8) is 0 Å². The lowest BCUT2D eigenvalue weighted by Gasteiger charge is -2.08. The SMILES string of the molecule is FC(F)(F)c1cc(Cl)c2nnc(-n3cccc3)n2c1. The van der Waals surface area contributed by atoms with Crippen LogP contribution in [0.5, 0.6) is 0 Å². The fourth-order valence-electron chi connectivity index (χ4n) is 1.74. The lowest BCUT2D eigenvalue weighted by Crippen LogP contribution is -2.08. The number of hydrogen-bond donors (Lipinski definition) is 0. The number of rotatable bonds is 1. The molecule has 0 N–H and O–H groups in total. The van der Waals surface area contributed by atoms with E-state index >= 15 is 0 Å². The van der Waals surface area contributed by atoms with Crippen molar-refractivity contribution in [2.75, 3.05) is 0 Å². The molecule has 3 rings (SSSR count). The summed E-state index contributed by atoms with van der Waals surface area (Å²) >= 11 is 5.81. The molecule has 0 atom stereocenters. The van der Waals surface area contributed by atoms with Crippen LogP contribution in [0.3, 0.4) is 0 Å². The monoisotopic (exact) mass is 286 g/mol. The second-order valence-corrected chi connectivity index (χ2v) is 4.27. The van der Waals surface area contributed by atoms with Crippen LogP contribution < -0.4 is 0 Å². The molecule has 0 aromatic carbocycles. The van der Waals surface area contributed by atoms with Gasteiger partial charge in [-0.3, -0.25) is 8.97 Å². The third-order valence-electron chi connectivity index (χ3n) is 2.60. The van der Waals surface area contributed by atoms with E-state index < -0.39 is 11.7 Å². The van der Waals surface area contributed by atoms with Gasteiger partial charge in [0.1, 0.15) is 0 Å². The highest BCUT2D eigenvalue weighted by Gasteiger charge is 2.32. The summed E-state index contributed by atoms with van der Waals surface area (Å²) in [5.41, 5.74) is -0.670. The van der Waals surface area contributed by atoms with Gasteiger partial charge in [0.25, 0.3) is 0 Å². The summed E-state index contributed by atoms with van der Waals surface area (Å²) in [5, 5.41) is 7.54. The molecule has 0 fully saturated rings. The van der Waals surface area contributed by atoms with E-state index in [1.807, 2.05) is 0 Å². The molecule has 0 radical (unpaired) electrons. The molecule has 8 heteroatoms. The zero-order valence-corrected chi connectivity index (χ0v) is 10.0. The van der Waals surface area contributed by atoms with Crippen molar-refractivity contribution in [1.82, 2.24) is 19.2 Å². The van der Waals surface area contributed by atoms with Gasteiger partial charge in [0.05, 0.1) is 10.6 Å². The van der Waals surface area contributed by atoms with E-state index in [2.05, 4.69) is 10.2 Å². The van der Waals surface area contributed by atoms with Crippen LogP contribution in [0.25, 0.3) is 11.6 Å². The second-order valence-electron chi connectivity index (χ2n) is 3.86. The van der Waals surface area contributed by atoms with Crippen LogP contribution in [0.4, 0.5) is 13.2 Å². The van der Waals surface area contributed by atoms with Crippen molar-refractivity contribution in [2.24, 2.45) is 0 Å². The smallest absolute Gasteiger partial charge is 0.293 e. The third-order valence-corrected chi connectivity index (χ3v) is 2.88. The fourth-order valence-corrected chi connectivity index (χ4v) is 1.99. The molecule has 0 saturated heterocycles. The van der Waals surface area contributed by atoms with Crippen molar-refractivity contribution < 1.29 is 13.2 Å². The Hall–Kier alpha value is -2.02. The first-order valence-electron chi connectivity index (χ1n) is 5.21. The zero-order valence-electron chi connectivity index (χ0n) is 9.26. The minimum absolute atomic E-state index is 0.0965. The highest BCUT2D eigenvalue weighted by atomic mass is 35.5. The van der Waals surface area contributed by atoms with Crippen LogP contribution >= 0.6 is 11.6 Å². The highest BCUT2D eigenvalue weighted by Crippen LogP contribution is 2.32. The number of hydrogen-bond acceptors (Lipinski definition) is 2. The topological polar surface area (TPSA) is 35.1 Å². The van der Waals surface area contributed by atoms with Gasteiger partial charge in [-0.15, -0.1) is 10.2 Å².